The molecule has 0 bridgehead atoms. The van der Waals surface area contributed by atoms with E-state index in [4.69, 9.17) is 10.5 Å². The summed E-state index contributed by atoms with van der Waals surface area (Å²) in [6, 6.07) is 6.95. The molecule has 0 fully saturated rings. The minimum Gasteiger partial charge on any atom is -0.488 e. The number of pyridine rings is 1. The predicted molar refractivity (Wildman–Crippen MR) is 90.8 cm³/mol. The van der Waals surface area contributed by atoms with E-state index < -0.39 is 24.9 Å². The fourth-order valence-corrected chi connectivity index (χ4v) is 2.33. The summed E-state index contributed by atoms with van der Waals surface area (Å²) < 4.78 is 32.1. The molecule has 2 rings (SSSR count). The number of nitrogens with one attached hydrogen (secondary N) is 1. The first-order valence-electron chi connectivity index (χ1n) is 7.81. The van der Waals surface area contributed by atoms with E-state index >= 15 is 0 Å². The number of amides is 1. The van der Waals surface area contributed by atoms with Crippen molar-refractivity contribution in [2.75, 3.05) is 13.1 Å². The highest BCUT2D eigenvalue weighted by Gasteiger charge is 2.27. The molecule has 0 saturated carbocycles. The molecular weight excluding hydrogens is 328 g/mol. The number of halogens is 2. The maximum absolute atomic E-state index is 13.1. The van der Waals surface area contributed by atoms with Gasteiger partial charge < -0.3 is 15.8 Å². The van der Waals surface area contributed by atoms with E-state index in [1.54, 1.807) is 38.4 Å². The number of carbonyl (C=O) groups is 1. The molecule has 134 valence electrons. The van der Waals surface area contributed by atoms with Crippen LogP contribution in [0.5, 0.6) is 5.75 Å². The minimum absolute atomic E-state index is 0.302. The molecule has 1 aromatic heterocycles. The molecule has 0 unspecified atom stereocenters. The molecule has 3 N–H and O–H groups in total. The van der Waals surface area contributed by atoms with Crippen molar-refractivity contribution < 1.29 is 18.3 Å². The fraction of sp³-hybridized carbons (Fsp3) is 0.333. The predicted octanol–water partition coefficient (Wildman–Crippen LogP) is 2.60. The number of aryl methyl sites for hydroxylation is 2. The third-order valence-electron chi connectivity index (χ3n) is 3.63. The third kappa shape index (κ3) is 5.22. The summed E-state index contributed by atoms with van der Waals surface area (Å²) >= 11 is 0. The van der Waals surface area contributed by atoms with Gasteiger partial charge in [-0.15, -0.1) is 0 Å². The lowest BCUT2D eigenvalue weighted by Crippen LogP contribution is -2.41. The Balaban J connectivity index is 2.07. The van der Waals surface area contributed by atoms with E-state index in [1.807, 2.05) is 12.1 Å². The number of nitrogens with zero attached hydrogens (tertiary/aromatic N) is 1. The lowest BCUT2D eigenvalue weighted by molar-refractivity contribution is 0.0118. The van der Waals surface area contributed by atoms with Crippen molar-refractivity contribution >= 4 is 5.91 Å². The molecule has 1 aromatic carbocycles. The van der Waals surface area contributed by atoms with Crippen molar-refractivity contribution in [2.45, 2.75) is 26.4 Å². The first-order chi connectivity index (χ1) is 11.8. The van der Waals surface area contributed by atoms with E-state index in [0.29, 0.717) is 17.9 Å². The second kappa shape index (κ2) is 8.02. The summed E-state index contributed by atoms with van der Waals surface area (Å²) in [5.74, 6) is -3.03. The van der Waals surface area contributed by atoms with Gasteiger partial charge in [-0.05, 0) is 43.2 Å². The van der Waals surface area contributed by atoms with Crippen molar-refractivity contribution in [3.63, 3.8) is 0 Å². The van der Waals surface area contributed by atoms with Crippen molar-refractivity contribution in [1.29, 1.82) is 0 Å². The number of hydrogen-bond acceptors (Lipinski definition) is 4. The van der Waals surface area contributed by atoms with Gasteiger partial charge in [-0.3, -0.25) is 9.78 Å². The zero-order chi connectivity index (χ0) is 18.4. The lowest BCUT2D eigenvalue weighted by atomic mass is 10.0. The van der Waals surface area contributed by atoms with Crippen LogP contribution in [0.2, 0.25) is 0 Å². The lowest BCUT2D eigenvalue weighted by Gasteiger charge is -2.16. The van der Waals surface area contributed by atoms with Gasteiger partial charge in [0, 0.05) is 23.5 Å². The number of benzene rings is 1. The summed E-state index contributed by atoms with van der Waals surface area (Å²) in [5, 5.41) is 2.20. The molecule has 0 aliphatic rings. The molecule has 1 amide bonds. The summed E-state index contributed by atoms with van der Waals surface area (Å²) in [6.07, 6.45) is 3.39. The molecule has 7 heteroatoms. The Morgan fingerprint density at radius 1 is 1.32 bits per heavy atom. The maximum atomic E-state index is 13.1. The van der Waals surface area contributed by atoms with Crippen LogP contribution in [0.15, 0.2) is 36.7 Å². The molecule has 1 heterocycles. The fourth-order valence-electron chi connectivity index (χ4n) is 2.33. The van der Waals surface area contributed by atoms with Crippen molar-refractivity contribution in [1.82, 2.24) is 10.3 Å². The third-order valence-corrected chi connectivity index (χ3v) is 3.63. The average molecular weight is 349 g/mol. The molecule has 0 saturated heterocycles. The Morgan fingerprint density at radius 2 is 2.00 bits per heavy atom. The van der Waals surface area contributed by atoms with Crippen LogP contribution in [0.25, 0.3) is 0 Å². The van der Waals surface area contributed by atoms with Crippen LogP contribution in [-0.2, 0) is 6.61 Å². The van der Waals surface area contributed by atoms with Gasteiger partial charge in [0.1, 0.15) is 12.4 Å². The molecular formula is C18H21F2N3O2. The molecule has 0 spiro atoms. The second-order valence-electron chi connectivity index (χ2n) is 5.83. The van der Waals surface area contributed by atoms with E-state index in [0.717, 1.165) is 16.7 Å². The van der Waals surface area contributed by atoms with Crippen LogP contribution in [-0.4, -0.2) is 29.9 Å². The van der Waals surface area contributed by atoms with Crippen LogP contribution in [0.3, 0.4) is 0 Å². The molecule has 5 nitrogen and oxygen atoms in total. The summed E-state index contributed by atoms with van der Waals surface area (Å²) in [5.41, 5.74) is 7.68. The molecule has 25 heavy (non-hydrogen) atoms. The van der Waals surface area contributed by atoms with Gasteiger partial charge in [-0.2, -0.15) is 0 Å². The topological polar surface area (TPSA) is 77.2 Å². The zero-order valence-electron chi connectivity index (χ0n) is 14.2. The van der Waals surface area contributed by atoms with Crippen LogP contribution in [0.4, 0.5) is 8.78 Å². The van der Waals surface area contributed by atoms with Gasteiger partial charge >= 0.3 is 0 Å². The van der Waals surface area contributed by atoms with Gasteiger partial charge in [0.2, 0.25) is 0 Å². The Morgan fingerprint density at radius 3 is 2.56 bits per heavy atom. The Bertz CT molecular complexity index is 713. The van der Waals surface area contributed by atoms with E-state index in [9.17, 15) is 13.6 Å². The molecule has 2 aromatic rings. The quantitative estimate of drug-likeness (QED) is 0.805. The Kier molecular flexibility index (Phi) is 6.03. The highest BCUT2D eigenvalue weighted by atomic mass is 19.3. The Labute approximate surface area is 145 Å². The molecule has 0 aliphatic carbocycles. The number of ether oxygens (including phenoxy) is 1. The second-order valence-corrected chi connectivity index (χ2v) is 5.83. The zero-order valence-corrected chi connectivity index (χ0v) is 14.2. The normalized spacial score (nSPS) is 11.2. The SMILES string of the molecule is Cc1cc(C(=O)NCC(F)(F)CN)cc(C)c1OCc1cccnc1. The van der Waals surface area contributed by atoms with Crippen LogP contribution in [0.1, 0.15) is 27.0 Å². The Hall–Kier alpha value is -2.54. The van der Waals surface area contributed by atoms with E-state index in [-0.39, 0.29) is 0 Å². The summed E-state index contributed by atoms with van der Waals surface area (Å²) in [7, 11) is 0. The average Bonchev–Trinajstić information content (AvgIpc) is 2.59. The van der Waals surface area contributed by atoms with Crippen LogP contribution in [0, 0.1) is 13.8 Å². The van der Waals surface area contributed by atoms with Gasteiger partial charge in [-0.1, -0.05) is 6.07 Å². The molecule has 0 atom stereocenters. The smallest absolute Gasteiger partial charge is 0.277 e. The highest BCUT2D eigenvalue weighted by Crippen LogP contribution is 2.26. The summed E-state index contributed by atoms with van der Waals surface area (Å²) in [4.78, 5) is 16.1. The van der Waals surface area contributed by atoms with Gasteiger partial charge in [0.05, 0.1) is 13.1 Å². The number of nitrogens with two attached hydrogens (primary N) is 1. The first kappa shape index (κ1) is 18.8. The largest absolute Gasteiger partial charge is 0.488 e. The van der Waals surface area contributed by atoms with Gasteiger partial charge in [-0.25, -0.2) is 8.78 Å². The molecule has 0 radical (unpaired) electrons. The van der Waals surface area contributed by atoms with Gasteiger partial charge in [0.25, 0.3) is 11.8 Å². The van der Waals surface area contributed by atoms with Crippen molar-refractivity contribution in [3.05, 3.63) is 58.9 Å². The highest BCUT2D eigenvalue weighted by molar-refractivity contribution is 5.95. The van der Waals surface area contributed by atoms with E-state index in [1.165, 1.54) is 0 Å². The summed E-state index contributed by atoms with van der Waals surface area (Å²) in [6.45, 7) is 2.35. The molecule has 0 aliphatic heterocycles. The number of aromatic nitrogens is 1. The maximum Gasteiger partial charge on any atom is 0.277 e. The van der Waals surface area contributed by atoms with Crippen molar-refractivity contribution in [2.24, 2.45) is 5.73 Å². The monoisotopic (exact) mass is 349 g/mol. The van der Waals surface area contributed by atoms with E-state index in [2.05, 4.69) is 10.3 Å². The first-order valence-corrected chi connectivity index (χ1v) is 7.81. The van der Waals surface area contributed by atoms with Crippen LogP contribution >= 0.6 is 0 Å². The number of carbonyl (C=O) groups excluding carboxylic acids is 1. The number of rotatable bonds is 7. The van der Waals surface area contributed by atoms with Crippen molar-refractivity contribution in [3.8, 4) is 5.75 Å². The minimum atomic E-state index is -3.12. The number of hydrogen-bond donors (Lipinski definition) is 2. The van der Waals surface area contributed by atoms with Crippen LogP contribution < -0.4 is 15.8 Å². The number of alkyl halides is 2. The van der Waals surface area contributed by atoms with Gasteiger partial charge in [0.15, 0.2) is 0 Å². The standard InChI is InChI=1S/C18H21F2N3O2/c1-12-6-15(17(24)23-11-18(19,20)10-21)7-13(2)16(12)25-9-14-4-3-5-22-8-14/h3-8H,9-11,21H2,1-2H3,(H,23,24).